The second kappa shape index (κ2) is 5.36. The van der Waals surface area contributed by atoms with E-state index in [-0.39, 0.29) is 6.04 Å². The minimum atomic E-state index is -0.0388. The van der Waals surface area contributed by atoms with Crippen LogP contribution in [0.1, 0.15) is 44.1 Å². The molecule has 2 fully saturated rings. The number of piperidine rings is 1. The largest absolute Gasteiger partial charge is 0.373 e. The van der Waals surface area contributed by atoms with Gasteiger partial charge in [-0.15, -0.1) is 0 Å². The van der Waals surface area contributed by atoms with Gasteiger partial charge in [0.1, 0.15) is 6.04 Å². The smallest absolute Gasteiger partial charge is 0.245 e. The lowest BCUT2D eigenvalue weighted by atomic mass is 9.78. The molecule has 21 heavy (non-hydrogen) atoms. The summed E-state index contributed by atoms with van der Waals surface area (Å²) >= 11 is 0. The number of likely N-dealkylation sites (tertiary alicyclic amines) is 1. The molecule has 1 aromatic rings. The molecule has 1 aliphatic carbocycles. The number of para-hydroxylation sites is 1. The van der Waals surface area contributed by atoms with Gasteiger partial charge in [-0.1, -0.05) is 31.0 Å². The van der Waals surface area contributed by atoms with E-state index in [2.05, 4.69) is 28.4 Å². The Kier molecular flexibility index (Phi) is 3.36. The first-order valence-corrected chi connectivity index (χ1v) is 8.48. The molecule has 0 unspecified atom stereocenters. The number of amides is 1. The summed E-state index contributed by atoms with van der Waals surface area (Å²) in [6.07, 6.45) is 8.56. The SMILES string of the molecule is O=C([C@@H]1Cc2ccccc2N1)N1CCC[C@H]2CCCC[C@H]21. The molecular formula is C18H24N2O. The molecule has 3 atom stereocenters. The standard InChI is InChI=1S/C18H24N2O/c21-18(16-12-14-7-1-3-9-15(14)19-16)20-11-5-8-13-6-2-4-10-17(13)20/h1,3,7,9,13,16-17,19H,2,4-6,8,10-12H2/t13-,16+,17-/m1/s1. The normalized spacial score (nSPS) is 31.2. The number of rotatable bonds is 1. The van der Waals surface area contributed by atoms with Gasteiger partial charge in [0.05, 0.1) is 0 Å². The van der Waals surface area contributed by atoms with Crippen molar-refractivity contribution >= 4 is 11.6 Å². The van der Waals surface area contributed by atoms with Crippen LogP contribution in [0, 0.1) is 5.92 Å². The minimum absolute atomic E-state index is 0.0388. The second-order valence-electron chi connectivity index (χ2n) is 6.84. The van der Waals surface area contributed by atoms with Crippen molar-refractivity contribution in [2.75, 3.05) is 11.9 Å². The molecule has 0 bridgehead atoms. The number of hydrogen-bond donors (Lipinski definition) is 1. The van der Waals surface area contributed by atoms with Crippen LogP contribution in [0.4, 0.5) is 5.69 Å². The van der Waals surface area contributed by atoms with Crippen LogP contribution in [0.15, 0.2) is 24.3 Å². The van der Waals surface area contributed by atoms with Crippen LogP contribution in [0.2, 0.25) is 0 Å². The highest BCUT2D eigenvalue weighted by molar-refractivity contribution is 5.87. The Morgan fingerprint density at radius 1 is 1.10 bits per heavy atom. The molecule has 0 spiro atoms. The van der Waals surface area contributed by atoms with Crippen LogP contribution in [0.5, 0.6) is 0 Å². The number of anilines is 1. The van der Waals surface area contributed by atoms with Gasteiger partial charge in [0, 0.05) is 24.7 Å². The van der Waals surface area contributed by atoms with Crippen LogP contribution in [0.3, 0.4) is 0 Å². The van der Waals surface area contributed by atoms with E-state index in [4.69, 9.17) is 0 Å². The van der Waals surface area contributed by atoms with Crippen LogP contribution < -0.4 is 5.32 Å². The Morgan fingerprint density at radius 3 is 2.81 bits per heavy atom. The second-order valence-corrected chi connectivity index (χ2v) is 6.84. The van der Waals surface area contributed by atoms with Crippen LogP contribution in [0.25, 0.3) is 0 Å². The molecule has 3 aliphatic rings. The molecule has 0 radical (unpaired) electrons. The molecule has 1 aromatic carbocycles. The lowest BCUT2D eigenvalue weighted by Crippen LogP contribution is -2.53. The van der Waals surface area contributed by atoms with Crippen molar-refractivity contribution < 1.29 is 4.79 Å². The van der Waals surface area contributed by atoms with Gasteiger partial charge < -0.3 is 10.2 Å². The monoisotopic (exact) mass is 284 g/mol. The van der Waals surface area contributed by atoms with Gasteiger partial charge >= 0.3 is 0 Å². The van der Waals surface area contributed by atoms with Gasteiger partial charge in [0.2, 0.25) is 5.91 Å². The Bertz CT molecular complexity index is 515. The van der Waals surface area contributed by atoms with Crippen LogP contribution in [-0.2, 0) is 11.2 Å². The van der Waals surface area contributed by atoms with Crippen LogP contribution in [-0.4, -0.2) is 29.4 Å². The summed E-state index contributed by atoms with van der Waals surface area (Å²) in [5, 5.41) is 3.44. The first-order chi connectivity index (χ1) is 10.3. The molecule has 1 saturated carbocycles. The summed E-state index contributed by atoms with van der Waals surface area (Å²) in [5.74, 6) is 1.10. The number of benzene rings is 1. The van der Waals surface area contributed by atoms with Crippen molar-refractivity contribution in [3.8, 4) is 0 Å². The molecule has 1 saturated heterocycles. The fourth-order valence-electron chi connectivity index (χ4n) is 4.55. The van der Waals surface area contributed by atoms with Crippen molar-refractivity contribution in [3.63, 3.8) is 0 Å². The third-order valence-corrected chi connectivity index (χ3v) is 5.60. The van der Waals surface area contributed by atoms with Gasteiger partial charge in [-0.05, 0) is 43.2 Å². The molecule has 4 rings (SSSR count). The van der Waals surface area contributed by atoms with E-state index < -0.39 is 0 Å². The zero-order valence-electron chi connectivity index (χ0n) is 12.6. The quantitative estimate of drug-likeness (QED) is 0.859. The molecule has 1 N–H and O–H groups in total. The van der Waals surface area contributed by atoms with Crippen molar-refractivity contribution in [1.82, 2.24) is 4.90 Å². The molecule has 1 amide bonds. The predicted molar refractivity (Wildman–Crippen MR) is 84.2 cm³/mol. The van der Waals surface area contributed by atoms with E-state index in [1.165, 1.54) is 44.1 Å². The highest BCUT2D eigenvalue weighted by Crippen LogP contribution is 2.36. The topological polar surface area (TPSA) is 32.3 Å². The predicted octanol–water partition coefficient (Wildman–Crippen LogP) is 3.20. The van der Waals surface area contributed by atoms with Gasteiger partial charge in [-0.2, -0.15) is 0 Å². The van der Waals surface area contributed by atoms with E-state index in [0.29, 0.717) is 11.9 Å². The summed E-state index contributed by atoms with van der Waals surface area (Å²) in [5.41, 5.74) is 2.43. The Morgan fingerprint density at radius 2 is 1.90 bits per heavy atom. The molecule has 0 aromatic heterocycles. The van der Waals surface area contributed by atoms with Gasteiger partial charge in [-0.3, -0.25) is 4.79 Å². The number of hydrogen-bond acceptors (Lipinski definition) is 2. The first kappa shape index (κ1) is 13.2. The zero-order chi connectivity index (χ0) is 14.2. The maximum absolute atomic E-state index is 13.0. The van der Waals surface area contributed by atoms with Gasteiger partial charge in [0.25, 0.3) is 0 Å². The van der Waals surface area contributed by atoms with E-state index in [0.717, 1.165) is 24.6 Å². The van der Waals surface area contributed by atoms with E-state index in [1.54, 1.807) is 0 Å². The summed E-state index contributed by atoms with van der Waals surface area (Å²) in [7, 11) is 0. The summed E-state index contributed by atoms with van der Waals surface area (Å²) in [4.78, 5) is 15.2. The Hall–Kier alpha value is -1.51. The van der Waals surface area contributed by atoms with Crippen molar-refractivity contribution in [3.05, 3.63) is 29.8 Å². The molecular weight excluding hydrogens is 260 g/mol. The highest BCUT2D eigenvalue weighted by atomic mass is 16.2. The molecule has 2 heterocycles. The average molecular weight is 284 g/mol. The van der Waals surface area contributed by atoms with Gasteiger partial charge in [0.15, 0.2) is 0 Å². The molecule has 3 heteroatoms. The lowest BCUT2D eigenvalue weighted by molar-refractivity contribution is -0.138. The third kappa shape index (κ3) is 2.33. The Labute approximate surface area is 126 Å². The average Bonchev–Trinajstić information content (AvgIpc) is 2.97. The first-order valence-electron chi connectivity index (χ1n) is 8.48. The minimum Gasteiger partial charge on any atom is -0.373 e. The van der Waals surface area contributed by atoms with E-state index in [9.17, 15) is 4.79 Å². The molecule has 112 valence electrons. The summed E-state index contributed by atoms with van der Waals surface area (Å²) in [6, 6.07) is 8.80. The lowest BCUT2D eigenvalue weighted by Gasteiger charge is -2.45. The fourth-order valence-corrected chi connectivity index (χ4v) is 4.55. The van der Waals surface area contributed by atoms with Crippen molar-refractivity contribution in [2.45, 2.75) is 57.0 Å². The molecule has 3 nitrogen and oxygen atoms in total. The number of fused-ring (bicyclic) bond motifs is 2. The number of carbonyl (C=O) groups excluding carboxylic acids is 1. The van der Waals surface area contributed by atoms with Crippen molar-refractivity contribution in [2.24, 2.45) is 5.92 Å². The number of carbonyl (C=O) groups is 1. The van der Waals surface area contributed by atoms with Crippen molar-refractivity contribution in [1.29, 1.82) is 0 Å². The zero-order valence-corrected chi connectivity index (χ0v) is 12.6. The van der Waals surface area contributed by atoms with Gasteiger partial charge in [-0.25, -0.2) is 0 Å². The third-order valence-electron chi connectivity index (χ3n) is 5.60. The Balaban J connectivity index is 1.50. The highest BCUT2D eigenvalue weighted by Gasteiger charge is 2.39. The van der Waals surface area contributed by atoms with E-state index in [1.807, 2.05) is 6.07 Å². The maximum atomic E-state index is 13.0. The maximum Gasteiger partial charge on any atom is 0.245 e. The summed E-state index contributed by atoms with van der Waals surface area (Å²) < 4.78 is 0. The van der Waals surface area contributed by atoms with Crippen LogP contribution >= 0.6 is 0 Å². The van der Waals surface area contributed by atoms with E-state index >= 15 is 0 Å². The number of nitrogens with zero attached hydrogens (tertiary/aromatic N) is 1. The molecule has 2 aliphatic heterocycles. The number of nitrogens with one attached hydrogen (secondary N) is 1. The summed E-state index contributed by atoms with van der Waals surface area (Å²) in [6.45, 7) is 0.967. The fraction of sp³-hybridized carbons (Fsp3) is 0.611.